The first kappa shape index (κ1) is 23.8. The van der Waals surface area contributed by atoms with E-state index in [1.54, 1.807) is 0 Å². The van der Waals surface area contributed by atoms with E-state index in [4.69, 9.17) is 9.47 Å². The third-order valence-electron chi connectivity index (χ3n) is 4.06. The molecule has 5 nitrogen and oxygen atoms in total. The van der Waals surface area contributed by atoms with Crippen molar-refractivity contribution in [3.8, 4) is 5.75 Å². The predicted molar refractivity (Wildman–Crippen MR) is 110 cm³/mol. The van der Waals surface area contributed by atoms with Crippen LogP contribution in [-0.2, 0) is 10.9 Å². The Balaban J connectivity index is 0.00000364. The third kappa shape index (κ3) is 7.73. The minimum Gasteiger partial charge on any atom is -0.491 e. The largest absolute Gasteiger partial charge is 0.491 e. The van der Waals surface area contributed by atoms with Crippen molar-refractivity contribution in [2.24, 2.45) is 10.9 Å². The lowest BCUT2D eigenvalue weighted by molar-refractivity contribution is -0.138. The van der Waals surface area contributed by atoms with Crippen LogP contribution in [0.3, 0.4) is 0 Å². The molecule has 0 amide bonds. The van der Waals surface area contributed by atoms with Crippen molar-refractivity contribution in [3.63, 3.8) is 0 Å². The number of guanidine groups is 1. The Bertz CT molecular complexity index is 593. The van der Waals surface area contributed by atoms with Gasteiger partial charge < -0.3 is 19.7 Å². The highest BCUT2D eigenvalue weighted by atomic mass is 127. The molecule has 9 heteroatoms. The summed E-state index contributed by atoms with van der Waals surface area (Å²) in [6, 6.07) is 5.21. The Morgan fingerprint density at radius 2 is 2.11 bits per heavy atom. The highest BCUT2D eigenvalue weighted by molar-refractivity contribution is 14.0. The fourth-order valence-corrected chi connectivity index (χ4v) is 2.80. The number of benzene rings is 1. The molecule has 1 heterocycles. The van der Waals surface area contributed by atoms with E-state index in [0.29, 0.717) is 18.4 Å². The number of hydrogen-bond acceptors (Lipinski definition) is 3. The fourth-order valence-electron chi connectivity index (χ4n) is 2.80. The maximum atomic E-state index is 13.0. The van der Waals surface area contributed by atoms with Crippen LogP contribution < -0.4 is 10.1 Å². The molecule has 0 aromatic heterocycles. The number of para-hydroxylation sites is 1. The minimum atomic E-state index is -4.43. The molecule has 0 aliphatic carbocycles. The first-order valence-corrected chi connectivity index (χ1v) is 8.78. The SMILES string of the molecule is CCNC(=NCCOc1ccccc1C(F)(F)F)N(C)CC1CCOC1.I. The number of alkyl halides is 3. The number of nitrogens with one attached hydrogen (secondary N) is 1. The summed E-state index contributed by atoms with van der Waals surface area (Å²) in [5.74, 6) is 1.02. The second-order valence-corrected chi connectivity index (χ2v) is 6.19. The lowest BCUT2D eigenvalue weighted by atomic mass is 10.1. The molecule has 1 unspecified atom stereocenters. The van der Waals surface area contributed by atoms with Crippen LogP contribution in [0.15, 0.2) is 29.3 Å². The summed E-state index contributed by atoms with van der Waals surface area (Å²) < 4.78 is 49.6. The van der Waals surface area contributed by atoms with Crippen molar-refractivity contribution >= 4 is 29.9 Å². The Morgan fingerprint density at radius 1 is 1.37 bits per heavy atom. The van der Waals surface area contributed by atoms with E-state index < -0.39 is 11.7 Å². The molecule has 1 fully saturated rings. The van der Waals surface area contributed by atoms with E-state index in [1.807, 2.05) is 18.9 Å². The predicted octanol–water partition coefficient (Wildman–Crippen LogP) is 3.64. The smallest absolute Gasteiger partial charge is 0.419 e. The topological polar surface area (TPSA) is 46.1 Å². The minimum absolute atomic E-state index is 0. The van der Waals surface area contributed by atoms with Gasteiger partial charge in [0.1, 0.15) is 12.4 Å². The van der Waals surface area contributed by atoms with Gasteiger partial charge in [-0.2, -0.15) is 13.2 Å². The maximum absolute atomic E-state index is 13.0. The quantitative estimate of drug-likeness (QED) is 0.268. The molecule has 1 atom stereocenters. The van der Waals surface area contributed by atoms with Crippen molar-refractivity contribution in [2.45, 2.75) is 19.5 Å². The molecule has 0 saturated carbocycles. The number of aliphatic imine (C=N–C) groups is 1. The molecule has 2 rings (SSSR count). The van der Waals surface area contributed by atoms with E-state index in [0.717, 1.165) is 32.2 Å². The van der Waals surface area contributed by atoms with E-state index >= 15 is 0 Å². The number of hydrogen-bond donors (Lipinski definition) is 1. The van der Waals surface area contributed by atoms with E-state index in [2.05, 4.69) is 10.3 Å². The van der Waals surface area contributed by atoms with Crippen molar-refractivity contribution in [3.05, 3.63) is 29.8 Å². The van der Waals surface area contributed by atoms with Gasteiger partial charge in [-0.05, 0) is 25.5 Å². The van der Waals surface area contributed by atoms with Gasteiger partial charge in [-0.25, -0.2) is 4.99 Å². The van der Waals surface area contributed by atoms with Gasteiger partial charge in [0.2, 0.25) is 0 Å². The zero-order valence-electron chi connectivity index (χ0n) is 15.6. The molecule has 1 aliphatic heterocycles. The molecule has 1 aromatic carbocycles. The molecule has 1 aromatic rings. The normalized spacial score (nSPS) is 17.4. The molecular weight excluding hydrogens is 474 g/mol. The van der Waals surface area contributed by atoms with Gasteiger partial charge >= 0.3 is 6.18 Å². The second-order valence-electron chi connectivity index (χ2n) is 6.19. The summed E-state index contributed by atoms with van der Waals surface area (Å²) in [4.78, 5) is 6.47. The summed E-state index contributed by atoms with van der Waals surface area (Å²) in [5.41, 5.74) is -0.769. The monoisotopic (exact) mass is 501 g/mol. The highest BCUT2D eigenvalue weighted by Crippen LogP contribution is 2.35. The number of ether oxygens (including phenoxy) is 2. The van der Waals surface area contributed by atoms with Gasteiger partial charge in [-0.3, -0.25) is 0 Å². The van der Waals surface area contributed by atoms with Crippen LogP contribution in [0.5, 0.6) is 5.75 Å². The van der Waals surface area contributed by atoms with Crippen molar-refractivity contribution < 1.29 is 22.6 Å². The summed E-state index contributed by atoms with van der Waals surface area (Å²) in [6.45, 7) is 5.38. The Kier molecular flexibility index (Phi) is 10.2. The molecule has 1 aliphatic rings. The molecule has 1 N–H and O–H groups in total. The van der Waals surface area contributed by atoms with Crippen LogP contribution in [0, 0.1) is 5.92 Å². The number of halogens is 4. The molecule has 27 heavy (non-hydrogen) atoms. The average Bonchev–Trinajstić information content (AvgIpc) is 3.10. The zero-order valence-corrected chi connectivity index (χ0v) is 17.9. The summed E-state index contributed by atoms with van der Waals surface area (Å²) in [5, 5.41) is 3.19. The van der Waals surface area contributed by atoms with Gasteiger partial charge in [0.25, 0.3) is 0 Å². The van der Waals surface area contributed by atoms with Gasteiger partial charge in [-0.1, -0.05) is 12.1 Å². The van der Waals surface area contributed by atoms with Crippen LogP contribution >= 0.6 is 24.0 Å². The van der Waals surface area contributed by atoms with Gasteiger partial charge in [0, 0.05) is 32.7 Å². The van der Waals surface area contributed by atoms with Crippen LogP contribution in [0.4, 0.5) is 13.2 Å². The standard InChI is InChI=1S/C18H26F3N3O2.HI/c1-3-22-17(24(2)12-14-8-10-25-13-14)23-9-11-26-16-7-5-4-6-15(16)18(19,20)21;/h4-7,14H,3,8-13H2,1-2H3,(H,22,23);1H. The first-order chi connectivity index (χ1) is 12.4. The summed E-state index contributed by atoms with van der Waals surface area (Å²) in [6.07, 6.45) is -3.40. The maximum Gasteiger partial charge on any atom is 0.419 e. The summed E-state index contributed by atoms with van der Waals surface area (Å²) >= 11 is 0. The lowest BCUT2D eigenvalue weighted by Crippen LogP contribution is -2.41. The zero-order chi connectivity index (χ0) is 19.0. The Hall–Kier alpha value is -1.23. The second kappa shape index (κ2) is 11.6. The Labute approximate surface area is 175 Å². The van der Waals surface area contributed by atoms with Gasteiger partial charge in [0.05, 0.1) is 18.7 Å². The Morgan fingerprint density at radius 3 is 2.74 bits per heavy atom. The van der Waals surface area contributed by atoms with E-state index in [1.165, 1.54) is 18.2 Å². The third-order valence-corrected chi connectivity index (χ3v) is 4.06. The fraction of sp³-hybridized carbons (Fsp3) is 0.611. The molecular formula is C18H27F3IN3O2. The van der Waals surface area contributed by atoms with E-state index in [-0.39, 0.29) is 42.9 Å². The average molecular weight is 501 g/mol. The molecule has 154 valence electrons. The number of rotatable bonds is 7. The van der Waals surface area contributed by atoms with Crippen LogP contribution in [0.1, 0.15) is 18.9 Å². The summed E-state index contributed by atoms with van der Waals surface area (Å²) in [7, 11) is 1.94. The van der Waals surface area contributed by atoms with Gasteiger partial charge in [-0.15, -0.1) is 24.0 Å². The van der Waals surface area contributed by atoms with Crippen molar-refractivity contribution in [1.29, 1.82) is 0 Å². The molecule has 0 radical (unpaired) electrons. The lowest BCUT2D eigenvalue weighted by Gasteiger charge is -2.24. The highest BCUT2D eigenvalue weighted by Gasteiger charge is 2.33. The molecule has 0 bridgehead atoms. The number of nitrogens with zero attached hydrogens (tertiary/aromatic N) is 2. The molecule has 0 spiro atoms. The van der Waals surface area contributed by atoms with Crippen molar-refractivity contribution in [2.75, 3.05) is 46.5 Å². The molecule has 1 saturated heterocycles. The van der Waals surface area contributed by atoms with Crippen molar-refractivity contribution in [1.82, 2.24) is 10.2 Å². The van der Waals surface area contributed by atoms with Crippen LogP contribution in [0.25, 0.3) is 0 Å². The van der Waals surface area contributed by atoms with Crippen LogP contribution in [-0.4, -0.2) is 57.4 Å². The van der Waals surface area contributed by atoms with Crippen LogP contribution in [0.2, 0.25) is 0 Å². The first-order valence-electron chi connectivity index (χ1n) is 8.78. The van der Waals surface area contributed by atoms with Gasteiger partial charge in [0.15, 0.2) is 5.96 Å². The van der Waals surface area contributed by atoms with E-state index in [9.17, 15) is 13.2 Å².